The second-order valence-electron chi connectivity index (χ2n) is 2.89. The zero-order chi connectivity index (χ0) is 8.97. The Morgan fingerprint density at radius 3 is 3.00 bits per heavy atom. The van der Waals surface area contributed by atoms with Crippen molar-refractivity contribution in [2.45, 2.75) is 25.3 Å². The molecule has 0 N–H and O–H groups in total. The first-order chi connectivity index (χ1) is 5.77. The molecule has 0 aromatic heterocycles. The molecule has 5 nitrogen and oxygen atoms in total. The summed E-state index contributed by atoms with van der Waals surface area (Å²) in [5, 5.41) is 3.56. The van der Waals surface area contributed by atoms with E-state index in [1.54, 1.807) is 0 Å². The van der Waals surface area contributed by atoms with Gasteiger partial charge in [-0.1, -0.05) is 5.11 Å². The van der Waals surface area contributed by atoms with Crippen LogP contribution in [0.2, 0.25) is 0 Å². The number of carbonyl (C=O) groups is 1. The number of azide groups is 1. The van der Waals surface area contributed by atoms with E-state index in [1.165, 1.54) is 7.11 Å². The fraction of sp³-hybridized carbons (Fsp3) is 0.857. The number of methoxy groups -OCH3 is 1. The normalized spacial score (nSPS) is 27.8. The molecular weight excluding hydrogens is 158 g/mol. The predicted octanol–water partition coefficient (Wildman–Crippen LogP) is 1.64. The van der Waals surface area contributed by atoms with Crippen LogP contribution in [0.15, 0.2) is 5.11 Å². The molecule has 2 unspecified atom stereocenters. The van der Waals surface area contributed by atoms with E-state index in [4.69, 9.17) is 5.53 Å². The van der Waals surface area contributed by atoms with Crippen LogP contribution in [0.3, 0.4) is 0 Å². The van der Waals surface area contributed by atoms with Crippen molar-refractivity contribution in [1.82, 2.24) is 0 Å². The third kappa shape index (κ3) is 1.89. The van der Waals surface area contributed by atoms with Crippen molar-refractivity contribution in [3.63, 3.8) is 0 Å². The molecule has 0 spiro atoms. The molecule has 12 heavy (non-hydrogen) atoms. The summed E-state index contributed by atoms with van der Waals surface area (Å²) in [7, 11) is 1.38. The van der Waals surface area contributed by atoms with Crippen molar-refractivity contribution in [3.8, 4) is 0 Å². The van der Waals surface area contributed by atoms with E-state index >= 15 is 0 Å². The predicted molar refractivity (Wildman–Crippen MR) is 42.3 cm³/mol. The second kappa shape index (κ2) is 3.97. The summed E-state index contributed by atoms with van der Waals surface area (Å²) in [6, 6.07) is -0.0147. The largest absolute Gasteiger partial charge is 0.469 e. The molecule has 0 saturated heterocycles. The highest BCUT2D eigenvalue weighted by Crippen LogP contribution is 2.28. The Labute approximate surface area is 70.3 Å². The average Bonchev–Trinajstić information content (AvgIpc) is 2.52. The van der Waals surface area contributed by atoms with E-state index in [9.17, 15) is 4.79 Å². The Kier molecular flexibility index (Phi) is 2.94. The molecule has 5 heteroatoms. The van der Waals surface area contributed by atoms with Crippen molar-refractivity contribution in [3.05, 3.63) is 10.4 Å². The zero-order valence-corrected chi connectivity index (χ0v) is 6.93. The summed E-state index contributed by atoms with van der Waals surface area (Å²) in [4.78, 5) is 13.7. The van der Waals surface area contributed by atoms with Crippen LogP contribution in [0.1, 0.15) is 19.3 Å². The Morgan fingerprint density at radius 1 is 1.67 bits per heavy atom. The van der Waals surface area contributed by atoms with Crippen LogP contribution in [-0.2, 0) is 9.53 Å². The molecule has 1 rings (SSSR count). The minimum absolute atomic E-state index is 0.0147. The van der Waals surface area contributed by atoms with E-state index in [-0.39, 0.29) is 17.9 Å². The molecule has 1 aliphatic carbocycles. The third-order valence-corrected chi connectivity index (χ3v) is 2.15. The van der Waals surface area contributed by atoms with Gasteiger partial charge in [0.25, 0.3) is 0 Å². The van der Waals surface area contributed by atoms with Gasteiger partial charge in [0, 0.05) is 11.0 Å². The molecule has 66 valence electrons. The minimum Gasteiger partial charge on any atom is -0.469 e. The fourth-order valence-electron chi connectivity index (χ4n) is 1.52. The highest BCUT2D eigenvalue weighted by Gasteiger charge is 2.29. The van der Waals surface area contributed by atoms with Crippen LogP contribution >= 0.6 is 0 Å². The lowest BCUT2D eigenvalue weighted by molar-refractivity contribution is -0.145. The summed E-state index contributed by atoms with van der Waals surface area (Å²) in [5.74, 6) is -0.254. The van der Waals surface area contributed by atoms with Crippen molar-refractivity contribution in [1.29, 1.82) is 0 Å². The quantitative estimate of drug-likeness (QED) is 0.272. The first kappa shape index (κ1) is 8.87. The molecule has 0 heterocycles. The Bertz CT molecular complexity index is 223. The van der Waals surface area contributed by atoms with Crippen molar-refractivity contribution < 1.29 is 9.53 Å². The molecule has 2 atom stereocenters. The van der Waals surface area contributed by atoms with Crippen molar-refractivity contribution in [2.75, 3.05) is 7.11 Å². The van der Waals surface area contributed by atoms with E-state index in [1.807, 2.05) is 0 Å². The van der Waals surface area contributed by atoms with Gasteiger partial charge in [-0.15, -0.1) is 0 Å². The lowest BCUT2D eigenvalue weighted by Gasteiger charge is -2.04. The van der Waals surface area contributed by atoms with Crippen LogP contribution in [0.25, 0.3) is 10.4 Å². The molecule has 0 aromatic carbocycles. The monoisotopic (exact) mass is 169 g/mol. The topological polar surface area (TPSA) is 75.1 Å². The van der Waals surface area contributed by atoms with Crippen LogP contribution in [-0.4, -0.2) is 19.1 Å². The maximum atomic E-state index is 11.0. The Hall–Kier alpha value is -1.22. The van der Waals surface area contributed by atoms with E-state index in [0.717, 1.165) is 12.8 Å². The van der Waals surface area contributed by atoms with E-state index in [2.05, 4.69) is 14.8 Å². The van der Waals surface area contributed by atoms with E-state index < -0.39 is 0 Å². The SMILES string of the molecule is COC(=O)C1CCC(N=[N+]=[N-])C1. The van der Waals surface area contributed by atoms with E-state index in [0.29, 0.717) is 6.42 Å². The van der Waals surface area contributed by atoms with Gasteiger partial charge in [-0.3, -0.25) is 4.79 Å². The zero-order valence-electron chi connectivity index (χ0n) is 6.93. The van der Waals surface area contributed by atoms with Crippen LogP contribution in [0.4, 0.5) is 0 Å². The summed E-state index contributed by atoms with van der Waals surface area (Å²) in [6.45, 7) is 0. The number of nitrogens with zero attached hydrogens (tertiary/aromatic N) is 3. The fourth-order valence-corrected chi connectivity index (χ4v) is 1.52. The molecular formula is C7H11N3O2. The summed E-state index contributed by atoms with van der Waals surface area (Å²) < 4.78 is 4.59. The average molecular weight is 169 g/mol. The number of esters is 1. The number of carbonyl (C=O) groups excluding carboxylic acids is 1. The minimum atomic E-state index is -0.189. The van der Waals surface area contributed by atoms with Gasteiger partial charge in [0.05, 0.1) is 13.0 Å². The molecule has 0 radical (unpaired) electrons. The summed E-state index contributed by atoms with van der Waals surface area (Å²) in [5.41, 5.74) is 8.15. The highest BCUT2D eigenvalue weighted by atomic mass is 16.5. The standard InChI is InChI=1S/C7H11N3O2/c1-12-7(11)5-2-3-6(4-5)9-10-8/h5-6H,2-4H2,1H3. The number of hydrogen-bond donors (Lipinski definition) is 0. The maximum Gasteiger partial charge on any atom is 0.308 e. The maximum absolute atomic E-state index is 11.0. The van der Waals surface area contributed by atoms with Gasteiger partial charge < -0.3 is 4.74 Å². The first-order valence-electron chi connectivity index (χ1n) is 3.90. The molecule has 1 aliphatic rings. The summed E-state index contributed by atoms with van der Waals surface area (Å²) in [6.07, 6.45) is 2.21. The molecule has 0 aromatic rings. The highest BCUT2D eigenvalue weighted by molar-refractivity contribution is 5.72. The summed E-state index contributed by atoms with van der Waals surface area (Å²) >= 11 is 0. The molecule has 0 amide bonds. The van der Waals surface area contributed by atoms with Crippen molar-refractivity contribution >= 4 is 5.97 Å². The molecule has 1 fully saturated rings. The second-order valence-corrected chi connectivity index (χ2v) is 2.89. The third-order valence-electron chi connectivity index (χ3n) is 2.15. The van der Waals surface area contributed by atoms with Gasteiger partial charge in [0.1, 0.15) is 0 Å². The van der Waals surface area contributed by atoms with Crippen LogP contribution in [0.5, 0.6) is 0 Å². The van der Waals surface area contributed by atoms with Crippen molar-refractivity contribution in [2.24, 2.45) is 11.0 Å². The van der Waals surface area contributed by atoms with Gasteiger partial charge in [-0.05, 0) is 24.8 Å². The smallest absolute Gasteiger partial charge is 0.308 e. The van der Waals surface area contributed by atoms with Gasteiger partial charge in [-0.25, -0.2) is 0 Å². The van der Waals surface area contributed by atoms with Gasteiger partial charge in [0.2, 0.25) is 0 Å². The number of hydrogen-bond acceptors (Lipinski definition) is 3. The number of ether oxygens (including phenoxy) is 1. The van der Waals surface area contributed by atoms with Crippen LogP contribution in [0, 0.1) is 5.92 Å². The van der Waals surface area contributed by atoms with Gasteiger partial charge in [0.15, 0.2) is 0 Å². The Morgan fingerprint density at radius 2 is 2.42 bits per heavy atom. The van der Waals surface area contributed by atoms with Crippen LogP contribution < -0.4 is 0 Å². The Balaban J connectivity index is 2.45. The number of rotatable bonds is 2. The lowest BCUT2D eigenvalue weighted by Crippen LogP contribution is -2.13. The van der Waals surface area contributed by atoms with Gasteiger partial charge in [-0.2, -0.15) is 0 Å². The first-order valence-corrected chi connectivity index (χ1v) is 3.90. The molecule has 0 bridgehead atoms. The lowest BCUT2D eigenvalue weighted by atomic mass is 10.1. The van der Waals surface area contributed by atoms with Gasteiger partial charge >= 0.3 is 5.97 Å². The molecule has 0 aliphatic heterocycles. The molecule has 1 saturated carbocycles.